The van der Waals surface area contributed by atoms with E-state index in [4.69, 9.17) is 4.74 Å². The molecule has 1 aliphatic heterocycles. The van der Waals surface area contributed by atoms with E-state index in [9.17, 15) is 4.79 Å². The van der Waals surface area contributed by atoms with E-state index in [1.807, 2.05) is 32.9 Å². The first-order chi connectivity index (χ1) is 9.58. The lowest BCUT2D eigenvalue weighted by atomic mass is 9.75. The highest BCUT2D eigenvalue weighted by Gasteiger charge is 2.44. The fourth-order valence-electron chi connectivity index (χ4n) is 2.56. The predicted molar refractivity (Wildman–Crippen MR) is 80.7 cm³/mol. The zero-order valence-corrected chi connectivity index (χ0v) is 13.3. The summed E-state index contributed by atoms with van der Waals surface area (Å²) in [6.07, 6.45) is 3.31. The lowest BCUT2D eigenvalue weighted by Crippen LogP contribution is -2.47. The Morgan fingerprint density at radius 1 is 1.35 bits per heavy atom. The van der Waals surface area contributed by atoms with Crippen molar-refractivity contribution in [1.82, 2.24) is 9.88 Å². The second-order valence-corrected chi connectivity index (χ2v) is 5.10. The van der Waals surface area contributed by atoms with E-state index in [0.717, 1.165) is 37.2 Å². The van der Waals surface area contributed by atoms with Crippen LogP contribution in [-0.4, -0.2) is 43.1 Å². The molecule has 0 saturated carbocycles. The highest BCUT2D eigenvalue weighted by molar-refractivity contribution is 5.82. The van der Waals surface area contributed by atoms with Gasteiger partial charge in [-0.05, 0) is 57.6 Å². The normalized spacial score (nSPS) is 17.9. The van der Waals surface area contributed by atoms with Gasteiger partial charge >= 0.3 is 5.97 Å². The first-order valence-electron chi connectivity index (χ1n) is 7.28. The number of esters is 1. The molecule has 1 aliphatic rings. The maximum Gasteiger partial charge on any atom is 0.317 e. The van der Waals surface area contributed by atoms with Crippen LogP contribution in [0.5, 0.6) is 0 Å². The molecule has 112 valence electrons. The van der Waals surface area contributed by atoms with Crippen molar-refractivity contribution in [2.24, 2.45) is 0 Å². The molecular weight excluding hydrogens is 252 g/mol. The summed E-state index contributed by atoms with van der Waals surface area (Å²) in [6.45, 7) is 7.81. The van der Waals surface area contributed by atoms with Crippen molar-refractivity contribution in [3.05, 3.63) is 29.6 Å². The number of ether oxygens (including phenoxy) is 1. The molecule has 0 atom stereocenters. The molecule has 0 aromatic carbocycles. The molecule has 0 aliphatic carbocycles. The van der Waals surface area contributed by atoms with E-state index in [0.29, 0.717) is 0 Å². The summed E-state index contributed by atoms with van der Waals surface area (Å²) in [6, 6.07) is 3.95. The summed E-state index contributed by atoms with van der Waals surface area (Å²) in [4.78, 5) is 18.9. The second kappa shape index (κ2) is 7.39. The standard InChI is InChI=1S/C14H20N2O2.C2H6/c1-11-4-7-15-12(10-11)14(13(17)18-3)5-8-16(2)9-6-14;1-2/h4,7,10H,5-6,8-9H2,1-3H3;1-2H3. The van der Waals surface area contributed by atoms with Crippen molar-refractivity contribution in [3.8, 4) is 0 Å². The van der Waals surface area contributed by atoms with Gasteiger partial charge in [0.15, 0.2) is 0 Å². The smallest absolute Gasteiger partial charge is 0.317 e. The van der Waals surface area contributed by atoms with Crippen LogP contribution in [0, 0.1) is 6.92 Å². The van der Waals surface area contributed by atoms with E-state index < -0.39 is 5.41 Å². The number of aromatic nitrogens is 1. The zero-order chi connectivity index (χ0) is 15.2. The first kappa shape index (κ1) is 16.6. The summed E-state index contributed by atoms with van der Waals surface area (Å²) < 4.78 is 5.03. The quantitative estimate of drug-likeness (QED) is 0.780. The molecule has 0 unspecified atom stereocenters. The Kier molecular flexibility index (Phi) is 6.14. The van der Waals surface area contributed by atoms with Crippen molar-refractivity contribution in [2.45, 2.75) is 39.0 Å². The van der Waals surface area contributed by atoms with Crippen molar-refractivity contribution in [2.75, 3.05) is 27.2 Å². The summed E-state index contributed by atoms with van der Waals surface area (Å²) in [5.41, 5.74) is 1.41. The molecule has 1 fully saturated rings. The Morgan fingerprint density at radius 2 is 1.95 bits per heavy atom. The SMILES string of the molecule is CC.COC(=O)C1(c2cc(C)ccn2)CCN(C)CC1. The number of likely N-dealkylation sites (tertiary alicyclic amines) is 1. The van der Waals surface area contributed by atoms with Crippen LogP contribution in [0.2, 0.25) is 0 Å². The summed E-state index contributed by atoms with van der Waals surface area (Å²) in [7, 11) is 3.53. The minimum Gasteiger partial charge on any atom is -0.468 e. The van der Waals surface area contributed by atoms with Crippen molar-refractivity contribution < 1.29 is 9.53 Å². The van der Waals surface area contributed by atoms with Crippen LogP contribution in [0.1, 0.15) is 37.9 Å². The van der Waals surface area contributed by atoms with Gasteiger partial charge in [-0.1, -0.05) is 13.8 Å². The highest BCUT2D eigenvalue weighted by Crippen LogP contribution is 2.35. The number of hydrogen-bond donors (Lipinski definition) is 0. The van der Waals surface area contributed by atoms with Crippen LogP contribution in [0.25, 0.3) is 0 Å². The maximum atomic E-state index is 12.2. The number of rotatable bonds is 2. The molecule has 4 nitrogen and oxygen atoms in total. The maximum absolute atomic E-state index is 12.2. The molecular formula is C16H26N2O2. The monoisotopic (exact) mass is 278 g/mol. The van der Waals surface area contributed by atoms with Gasteiger partial charge < -0.3 is 9.64 Å². The van der Waals surface area contributed by atoms with E-state index in [2.05, 4.69) is 16.9 Å². The van der Waals surface area contributed by atoms with Crippen molar-refractivity contribution >= 4 is 5.97 Å². The van der Waals surface area contributed by atoms with Gasteiger partial charge in [-0.25, -0.2) is 0 Å². The molecule has 0 amide bonds. The molecule has 0 bridgehead atoms. The van der Waals surface area contributed by atoms with Crippen molar-refractivity contribution in [3.63, 3.8) is 0 Å². The third-order valence-electron chi connectivity index (χ3n) is 3.82. The van der Waals surface area contributed by atoms with E-state index in [1.165, 1.54) is 7.11 Å². The Hall–Kier alpha value is -1.42. The van der Waals surface area contributed by atoms with Gasteiger partial charge in [-0.3, -0.25) is 9.78 Å². The lowest BCUT2D eigenvalue weighted by molar-refractivity contribution is -0.149. The Labute approximate surface area is 122 Å². The Bertz CT molecular complexity index is 438. The van der Waals surface area contributed by atoms with Crippen LogP contribution in [0.4, 0.5) is 0 Å². The van der Waals surface area contributed by atoms with Crippen molar-refractivity contribution in [1.29, 1.82) is 0 Å². The summed E-state index contributed by atoms with van der Waals surface area (Å²) in [5, 5.41) is 0. The van der Waals surface area contributed by atoms with Gasteiger partial charge in [0.05, 0.1) is 12.8 Å². The zero-order valence-electron chi connectivity index (χ0n) is 13.3. The number of hydrogen-bond acceptors (Lipinski definition) is 4. The molecule has 2 heterocycles. The summed E-state index contributed by atoms with van der Waals surface area (Å²) >= 11 is 0. The fraction of sp³-hybridized carbons (Fsp3) is 0.625. The van der Waals surface area contributed by atoms with Gasteiger partial charge in [0.1, 0.15) is 5.41 Å². The number of aryl methyl sites for hydroxylation is 1. The molecule has 1 aromatic rings. The molecule has 1 aromatic heterocycles. The lowest BCUT2D eigenvalue weighted by Gasteiger charge is -2.37. The third-order valence-corrected chi connectivity index (χ3v) is 3.82. The number of carbonyl (C=O) groups is 1. The number of methoxy groups -OCH3 is 1. The summed E-state index contributed by atoms with van der Waals surface area (Å²) in [5.74, 6) is -0.159. The van der Waals surface area contributed by atoms with E-state index in [-0.39, 0.29) is 5.97 Å². The average Bonchev–Trinajstić information content (AvgIpc) is 2.49. The molecule has 0 spiro atoms. The number of nitrogens with zero attached hydrogens (tertiary/aromatic N) is 2. The second-order valence-electron chi connectivity index (χ2n) is 5.10. The van der Waals surface area contributed by atoms with Crippen LogP contribution < -0.4 is 0 Å². The third kappa shape index (κ3) is 3.37. The van der Waals surface area contributed by atoms with E-state index >= 15 is 0 Å². The van der Waals surface area contributed by atoms with E-state index in [1.54, 1.807) is 6.20 Å². The Balaban J connectivity index is 0.000000956. The van der Waals surface area contributed by atoms with Gasteiger partial charge in [0.2, 0.25) is 0 Å². The largest absolute Gasteiger partial charge is 0.468 e. The van der Waals surface area contributed by atoms with Gasteiger partial charge in [0, 0.05) is 6.20 Å². The minimum absolute atomic E-state index is 0.159. The number of piperidine rings is 1. The molecule has 4 heteroatoms. The Morgan fingerprint density at radius 3 is 2.45 bits per heavy atom. The van der Waals surface area contributed by atoms with Crippen LogP contribution >= 0.6 is 0 Å². The molecule has 2 rings (SSSR count). The number of carbonyl (C=O) groups excluding carboxylic acids is 1. The van der Waals surface area contributed by atoms with Gasteiger partial charge in [-0.15, -0.1) is 0 Å². The first-order valence-corrected chi connectivity index (χ1v) is 7.28. The topological polar surface area (TPSA) is 42.4 Å². The predicted octanol–water partition coefficient (Wildman–Crippen LogP) is 2.55. The van der Waals surface area contributed by atoms with Gasteiger partial charge in [0.25, 0.3) is 0 Å². The average molecular weight is 278 g/mol. The minimum atomic E-state index is -0.562. The van der Waals surface area contributed by atoms with Crippen LogP contribution in [-0.2, 0) is 14.9 Å². The van der Waals surface area contributed by atoms with Crippen LogP contribution in [0.15, 0.2) is 18.3 Å². The molecule has 0 radical (unpaired) electrons. The number of pyridine rings is 1. The molecule has 1 saturated heterocycles. The molecule has 0 N–H and O–H groups in total. The van der Waals surface area contributed by atoms with Gasteiger partial charge in [-0.2, -0.15) is 0 Å². The van der Waals surface area contributed by atoms with Crippen LogP contribution in [0.3, 0.4) is 0 Å². The molecule has 20 heavy (non-hydrogen) atoms. The highest BCUT2D eigenvalue weighted by atomic mass is 16.5. The fourth-order valence-corrected chi connectivity index (χ4v) is 2.56.